The zero-order valence-electron chi connectivity index (χ0n) is 17.7. The van der Waals surface area contributed by atoms with Crippen LogP contribution >= 0.6 is 0 Å². The van der Waals surface area contributed by atoms with Crippen LogP contribution in [0.2, 0.25) is 0 Å². The molecule has 3 aromatic heterocycles. The van der Waals surface area contributed by atoms with Crippen LogP contribution in [0.25, 0.3) is 28.2 Å². The Morgan fingerprint density at radius 2 is 1.82 bits per heavy atom. The molecule has 0 aliphatic carbocycles. The first-order chi connectivity index (χ1) is 16.4. The molecule has 0 bridgehead atoms. The fourth-order valence-electron chi connectivity index (χ4n) is 3.52. The van der Waals surface area contributed by atoms with Gasteiger partial charge in [-0.1, -0.05) is 0 Å². The van der Waals surface area contributed by atoms with E-state index in [1.165, 1.54) is 28.8 Å². The number of halogens is 2. The maximum atomic E-state index is 13.5. The van der Waals surface area contributed by atoms with E-state index < -0.39 is 11.7 Å². The van der Waals surface area contributed by atoms with E-state index in [1.54, 1.807) is 48.3 Å². The second-order valence-corrected chi connectivity index (χ2v) is 7.48. The number of aryl methyl sites for hydroxylation is 1. The summed E-state index contributed by atoms with van der Waals surface area (Å²) >= 11 is 0. The van der Waals surface area contributed by atoms with Crippen LogP contribution in [0.4, 0.5) is 14.6 Å². The second-order valence-electron chi connectivity index (χ2n) is 7.48. The third-order valence-electron chi connectivity index (χ3n) is 5.13. The molecule has 0 saturated heterocycles. The van der Waals surface area contributed by atoms with Gasteiger partial charge in [-0.15, -0.1) is 0 Å². The van der Waals surface area contributed by atoms with Crippen LogP contribution in [0, 0.1) is 23.0 Å². The van der Waals surface area contributed by atoms with Crippen LogP contribution in [-0.4, -0.2) is 30.3 Å². The largest absolute Gasteiger partial charge is 0.305 e. The molecule has 0 spiro atoms. The number of fused-ring (bicyclic) bond motifs is 1. The van der Waals surface area contributed by atoms with Crippen molar-refractivity contribution in [3.63, 3.8) is 0 Å². The Kier molecular flexibility index (Phi) is 5.07. The van der Waals surface area contributed by atoms with Gasteiger partial charge in [0.1, 0.15) is 23.4 Å². The van der Waals surface area contributed by atoms with Crippen molar-refractivity contribution in [1.82, 2.24) is 24.4 Å². The van der Waals surface area contributed by atoms with Crippen LogP contribution < -0.4 is 5.32 Å². The molecule has 1 amide bonds. The SMILES string of the molecule is Cn1cc(-c2ccc3nc(NC(=O)c4ccc(F)c(C#N)c4)cn3n2)c(-c2ccc(F)cc2)n1. The molecule has 0 aliphatic rings. The lowest BCUT2D eigenvalue weighted by atomic mass is 10.1. The molecular weight excluding hydrogens is 440 g/mol. The van der Waals surface area contributed by atoms with Crippen LogP contribution in [0.15, 0.2) is 67.0 Å². The zero-order valence-corrected chi connectivity index (χ0v) is 17.7. The van der Waals surface area contributed by atoms with Gasteiger partial charge in [0.2, 0.25) is 0 Å². The van der Waals surface area contributed by atoms with E-state index >= 15 is 0 Å². The Labute approximate surface area is 191 Å². The van der Waals surface area contributed by atoms with Gasteiger partial charge in [0, 0.05) is 29.9 Å². The number of hydrogen-bond donors (Lipinski definition) is 1. The van der Waals surface area contributed by atoms with Crippen LogP contribution in [0.5, 0.6) is 0 Å². The van der Waals surface area contributed by atoms with Crippen molar-refractivity contribution in [2.75, 3.05) is 5.32 Å². The number of anilines is 1. The summed E-state index contributed by atoms with van der Waals surface area (Å²) in [6, 6.07) is 14.8. The normalized spacial score (nSPS) is 10.9. The third-order valence-corrected chi connectivity index (χ3v) is 5.13. The number of carbonyl (C=O) groups is 1. The highest BCUT2D eigenvalue weighted by molar-refractivity contribution is 6.04. The summed E-state index contributed by atoms with van der Waals surface area (Å²) in [6.07, 6.45) is 3.35. The first kappa shape index (κ1) is 21.0. The molecule has 0 unspecified atom stereocenters. The minimum absolute atomic E-state index is 0.128. The van der Waals surface area contributed by atoms with E-state index in [0.29, 0.717) is 17.0 Å². The third kappa shape index (κ3) is 3.86. The van der Waals surface area contributed by atoms with Crippen molar-refractivity contribution in [2.24, 2.45) is 7.05 Å². The minimum Gasteiger partial charge on any atom is -0.305 e. The average molecular weight is 455 g/mol. The molecule has 0 radical (unpaired) electrons. The van der Waals surface area contributed by atoms with Gasteiger partial charge in [-0.25, -0.2) is 18.3 Å². The van der Waals surface area contributed by atoms with Gasteiger partial charge in [-0.3, -0.25) is 9.48 Å². The number of aromatic nitrogens is 5. The molecule has 3 heterocycles. The summed E-state index contributed by atoms with van der Waals surface area (Å²) in [5.74, 6) is -1.33. The van der Waals surface area contributed by atoms with Crippen LogP contribution in [0.1, 0.15) is 15.9 Å². The van der Waals surface area contributed by atoms with Gasteiger partial charge in [0.05, 0.1) is 17.5 Å². The van der Waals surface area contributed by atoms with Crippen molar-refractivity contribution in [3.05, 3.63) is 89.8 Å². The van der Waals surface area contributed by atoms with Gasteiger partial charge >= 0.3 is 0 Å². The Hall–Kier alpha value is -4.91. The van der Waals surface area contributed by atoms with Gasteiger partial charge in [-0.2, -0.15) is 15.5 Å². The van der Waals surface area contributed by atoms with Crippen molar-refractivity contribution in [1.29, 1.82) is 5.26 Å². The summed E-state index contributed by atoms with van der Waals surface area (Å²) in [5, 5.41) is 20.7. The number of amides is 1. The Morgan fingerprint density at radius 3 is 2.59 bits per heavy atom. The quantitative estimate of drug-likeness (QED) is 0.438. The summed E-state index contributed by atoms with van der Waals surface area (Å²) < 4.78 is 30.0. The molecule has 0 saturated carbocycles. The molecule has 1 N–H and O–H groups in total. The highest BCUT2D eigenvalue weighted by Gasteiger charge is 2.16. The zero-order chi connectivity index (χ0) is 23.8. The molecule has 0 atom stereocenters. The second kappa shape index (κ2) is 8.22. The lowest BCUT2D eigenvalue weighted by molar-refractivity contribution is 0.102. The number of nitrogens with one attached hydrogen (secondary N) is 1. The van der Waals surface area contributed by atoms with Gasteiger partial charge in [0.25, 0.3) is 5.91 Å². The van der Waals surface area contributed by atoms with E-state index in [9.17, 15) is 13.6 Å². The van der Waals surface area contributed by atoms with Crippen molar-refractivity contribution in [3.8, 4) is 28.6 Å². The molecule has 8 nitrogen and oxygen atoms in total. The van der Waals surface area contributed by atoms with Crippen molar-refractivity contribution >= 4 is 17.4 Å². The number of nitrogens with zero attached hydrogens (tertiary/aromatic N) is 6. The monoisotopic (exact) mass is 455 g/mol. The topological polar surface area (TPSA) is 101 Å². The van der Waals surface area contributed by atoms with E-state index in [-0.39, 0.29) is 22.8 Å². The molecule has 0 fully saturated rings. The number of rotatable bonds is 4. The standard InChI is InChI=1S/C24H15F2N7O/c1-32-12-18(23(31-32)14-2-5-17(25)6-3-14)20-8-9-22-28-21(13-33(22)30-20)29-24(34)15-4-7-19(26)16(10-15)11-27/h2-10,12-13H,1H3,(H,29,34). The average Bonchev–Trinajstić information content (AvgIpc) is 3.41. The van der Waals surface area contributed by atoms with Gasteiger partial charge in [0.15, 0.2) is 11.5 Å². The van der Waals surface area contributed by atoms with E-state index in [4.69, 9.17) is 5.26 Å². The van der Waals surface area contributed by atoms with Crippen molar-refractivity contribution < 1.29 is 13.6 Å². The first-order valence-electron chi connectivity index (χ1n) is 10.1. The summed E-state index contributed by atoms with van der Waals surface area (Å²) in [4.78, 5) is 16.9. The Balaban J connectivity index is 1.46. The molecule has 0 aliphatic heterocycles. The molecular formula is C24H15F2N7O. The highest BCUT2D eigenvalue weighted by atomic mass is 19.1. The summed E-state index contributed by atoms with van der Waals surface area (Å²) in [5.41, 5.74) is 3.13. The Morgan fingerprint density at radius 1 is 1.03 bits per heavy atom. The fraction of sp³-hybridized carbons (Fsp3) is 0.0417. The predicted octanol–water partition coefficient (Wildman–Crippen LogP) is 4.20. The van der Waals surface area contributed by atoms with Gasteiger partial charge in [-0.05, 0) is 54.6 Å². The van der Waals surface area contributed by atoms with E-state index in [0.717, 1.165) is 17.2 Å². The molecule has 34 heavy (non-hydrogen) atoms. The predicted molar refractivity (Wildman–Crippen MR) is 120 cm³/mol. The molecule has 5 rings (SSSR count). The Bertz CT molecular complexity index is 1600. The summed E-state index contributed by atoms with van der Waals surface area (Å²) in [7, 11) is 1.78. The van der Waals surface area contributed by atoms with Crippen molar-refractivity contribution in [2.45, 2.75) is 0 Å². The number of carbonyl (C=O) groups excluding carboxylic acids is 1. The lowest BCUT2D eigenvalue weighted by Gasteiger charge is -2.03. The van der Waals surface area contributed by atoms with E-state index in [1.807, 2.05) is 6.20 Å². The molecule has 166 valence electrons. The van der Waals surface area contributed by atoms with Crippen LogP contribution in [-0.2, 0) is 7.05 Å². The minimum atomic E-state index is -0.695. The number of nitriles is 1. The van der Waals surface area contributed by atoms with Crippen LogP contribution in [0.3, 0.4) is 0 Å². The molecule has 10 heteroatoms. The number of benzene rings is 2. The smallest absolute Gasteiger partial charge is 0.256 e. The summed E-state index contributed by atoms with van der Waals surface area (Å²) in [6.45, 7) is 0. The fourth-order valence-corrected chi connectivity index (χ4v) is 3.52. The number of hydrogen-bond acceptors (Lipinski definition) is 5. The maximum Gasteiger partial charge on any atom is 0.256 e. The molecule has 2 aromatic carbocycles. The lowest BCUT2D eigenvalue weighted by Crippen LogP contribution is -2.12. The highest BCUT2D eigenvalue weighted by Crippen LogP contribution is 2.30. The van der Waals surface area contributed by atoms with E-state index in [2.05, 4.69) is 20.5 Å². The maximum absolute atomic E-state index is 13.5. The van der Waals surface area contributed by atoms with Gasteiger partial charge < -0.3 is 5.32 Å². The first-order valence-corrected chi connectivity index (χ1v) is 10.1. The number of imidazole rings is 1. The molecule has 5 aromatic rings.